The maximum atomic E-state index is 11.1. The summed E-state index contributed by atoms with van der Waals surface area (Å²) in [6.07, 6.45) is -0.179. The van der Waals surface area contributed by atoms with Crippen LogP contribution in [0.3, 0.4) is 0 Å². The summed E-state index contributed by atoms with van der Waals surface area (Å²) < 4.78 is 15.6. The fourth-order valence-corrected chi connectivity index (χ4v) is 1.52. The normalized spacial score (nSPS) is 11.3. The Hall–Kier alpha value is -2.22. The number of rotatable bonds is 6. The van der Waals surface area contributed by atoms with Gasteiger partial charge in [-0.15, -0.1) is 0 Å². The second kappa shape index (κ2) is 7.27. The van der Waals surface area contributed by atoms with Crippen molar-refractivity contribution in [1.82, 2.24) is 0 Å². The molecule has 5 nitrogen and oxygen atoms in total. The highest BCUT2D eigenvalue weighted by Crippen LogP contribution is 2.29. The lowest BCUT2D eigenvalue weighted by atomic mass is 10.2. The van der Waals surface area contributed by atoms with Crippen LogP contribution in [-0.4, -0.2) is 25.8 Å². The molecule has 0 saturated heterocycles. The summed E-state index contributed by atoms with van der Waals surface area (Å²) >= 11 is 0. The molecule has 0 aromatic heterocycles. The number of esters is 1. The van der Waals surface area contributed by atoms with Crippen LogP contribution in [0.15, 0.2) is 18.2 Å². The van der Waals surface area contributed by atoms with Gasteiger partial charge in [-0.3, -0.25) is 4.79 Å². The maximum Gasteiger partial charge on any atom is 0.309 e. The fraction of sp³-hybridized carbons (Fsp3) is 0.429. The van der Waals surface area contributed by atoms with E-state index in [1.807, 2.05) is 13.0 Å². The lowest BCUT2D eigenvalue weighted by molar-refractivity contribution is -0.142. The molecule has 19 heavy (non-hydrogen) atoms. The third-order valence-corrected chi connectivity index (χ3v) is 2.38. The molecule has 0 spiro atoms. The van der Waals surface area contributed by atoms with Crippen molar-refractivity contribution in [2.75, 3.05) is 13.7 Å². The third-order valence-electron chi connectivity index (χ3n) is 2.38. The zero-order chi connectivity index (χ0) is 14.3. The second-order valence-corrected chi connectivity index (χ2v) is 3.92. The minimum absolute atomic E-state index is 0.155. The molecule has 5 heteroatoms. The van der Waals surface area contributed by atoms with Crippen molar-refractivity contribution in [3.63, 3.8) is 0 Å². The van der Waals surface area contributed by atoms with Crippen molar-refractivity contribution in [2.45, 2.75) is 26.4 Å². The zero-order valence-corrected chi connectivity index (χ0v) is 11.3. The van der Waals surface area contributed by atoms with Crippen LogP contribution >= 0.6 is 0 Å². The average molecular weight is 263 g/mol. The Kier molecular flexibility index (Phi) is 5.68. The third kappa shape index (κ3) is 4.51. The van der Waals surface area contributed by atoms with E-state index in [1.165, 1.54) is 7.11 Å². The number of ether oxygens (including phenoxy) is 3. The summed E-state index contributed by atoms with van der Waals surface area (Å²) in [4.78, 5) is 11.1. The highest BCUT2D eigenvalue weighted by molar-refractivity contribution is 5.69. The molecule has 1 unspecified atom stereocenters. The molecule has 0 aliphatic heterocycles. The lowest BCUT2D eigenvalue weighted by Gasteiger charge is -2.16. The summed E-state index contributed by atoms with van der Waals surface area (Å²) in [6, 6.07) is 6.96. The van der Waals surface area contributed by atoms with E-state index < -0.39 is 0 Å². The number of benzene rings is 1. The molecule has 0 saturated carbocycles. The largest absolute Gasteiger partial charge is 0.490 e. The van der Waals surface area contributed by atoms with Crippen LogP contribution in [0.1, 0.15) is 25.8 Å². The van der Waals surface area contributed by atoms with Gasteiger partial charge in [0.1, 0.15) is 6.10 Å². The van der Waals surface area contributed by atoms with Gasteiger partial charge < -0.3 is 14.2 Å². The Morgan fingerprint density at radius 2 is 2.16 bits per heavy atom. The van der Waals surface area contributed by atoms with E-state index in [1.54, 1.807) is 25.1 Å². The van der Waals surface area contributed by atoms with Crippen molar-refractivity contribution in [2.24, 2.45) is 0 Å². The van der Waals surface area contributed by atoms with Gasteiger partial charge in [-0.05, 0) is 26.0 Å². The first kappa shape index (κ1) is 14.8. The molecule has 0 fully saturated rings. The Labute approximate surface area is 112 Å². The molecule has 0 bridgehead atoms. The number of carbonyl (C=O) groups excluding carboxylic acids is 1. The first-order valence-corrected chi connectivity index (χ1v) is 6.01. The molecule has 1 rings (SSSR count). The number of nitrogens with zero attached hydrogens (tertiary/aromatic N) is 1. The molecule has 0 aliphatic rings. The molecule has 0 N–H and O–H groups in total. The summed E-state index contributed by atoms with van der Waals surface area (Å²) in [6.45, 7) is 4.09. The molecule has 1 atom stereocenters. The van der Waals surface area contributed by atoms with Gasteiger partial charge in [0.25, 0.3) is 0 Å². The summed E-state index contributed by atoms with van der Waals surface area (Å²) in [5.41, 5.74) is 0.497. The second-order valence-electron chi connectivity index (χ2n) is 3.92. The van der Waals surface area contributed by atoms with E-state index in [4.69, 9.17) is 14.7 Å². The maximum absolute atomic E-state index is 11.1. The summed E-state index contributed by atoms with van der Waals surface area (Å²) in [7, 11) is 1.34. The molecule has 1 aromatic carbocycles. The number of hydrogen-bond donors (Lipinski definition) is 0. The highest BCUT2D eigenvalue weighted by atomic mass is 16.5. The monoisotopic (exact) mass is 263 g/mol. The molecular weight excluding hydrogens is 246 g/mol. The average Bonchev–Trinajstić information content (AvgIpc) is 2.40. The zero-order valence-electron chi connectivity index (χ0n) is 11.3. The standard InChI is InChI=1S/C14H17NO4/c1-4-18-13-8-11(9-15)5-6-12(13)19-10(2)7-14(16)17-3/h5-6,8,10H,4,7H2,1-3H3. The van der Waals surface area contributed by atoms with Gasteiger partial charge in [0.15, 0.2) is 11.5 Å². The Morgan fingerprint density at radius 1 is 1.42 bits per heavy atom. The number of hydrogen-bond acceptors (Lipinski definition) is 5. The highest BCUT2D eigenvalue weighted by Gasteiger charge is 2.14. The van der Waals surface area contributed by atoms with E-state index >= 15 is 0 Å². The molecule has 0 amide bonds. The first-order chi connectivity index (χ1) is 9.10. The van der Waals surface area contributed by atoms with Gasteiger partial charge in [0, 0.05) is 6.07 Å². The van der Waals surface area contributed by atoms with Gasteiger partial charge in [-0.1, -0.05) is 0 Å². The van der Waals surface area contributed by atoms with Gasteiger partial charge >= 0.3 is 5.97 Å². The lowest BCUT2D eigenvalue weighted by Crippen LogP contribution is -2.18. The van der Waals surface area contributed by atoms with E-state index in [9.17, 15) is 4.79 Å². The van der Waals surface area contributed by atoms with E-state index in [0.717, 1.165) is 0 Å². The van der Waals surface area contributed by atoms with Gasteiger partial charge in [-0.2, -0.15) is 5.26 Å². The topological polar surface area (TPSA) is 68.5 Å². The smallest absolute Gasteiger partial charge is 0.309 e. The van der Waals surface area contributed by atoms with E-state index in [-0.39, 0.29) is 18.5 Å². The minimum Gasteiger partial charge on any atom is -0.490 e. The van der Waals surface area contributed by atoms with Crippen LogP contribution in [0.2, 0.25) is 0 Å². The van der Waals surface area contributed by atoms with Crippen LogP contribution in [0.4, 0.5) is 0 Å². The predicted octanol–water partition coefficient (Wildman–Crippen LogP) is 2.29. The van der Waals surface area contributed by atoms with Crippen molar-refractivity contribution >= 4 is 5.97 Å². The van der Waals surface area contributed by atoms with Crippen molar-refractivity contribution < 1.29 is 19.0 Å². The number of methoxy groups -OCH3 is 1. The van der Waals surface area contributed by atoms with Gasteiger partial charge in [-0.25, -0.2) is 0 Å². The molecule has 1 aromatic rings. The van der Waals surface area contributed by atoms with Crippen LogP contribution in [0, 0.1) is 11.3 Å². The van der Waals surface area contributed by atoms with E-state index in [2.05, 4.69) is 4.74 Å². The van der Waals surface area contributed by atoms with Crippen molar-refractivity contribution in [3.05, 3.63) is 23.8 Å². The molecular formula is C14H17NO4. The Bertz CT molecular complexity index is 479. The Morgan fingerprint density at radius 3 is 2.74 bits per heavy atom. The summed E-state index contributed by atoms with van der Waals surface area (Å²) in [5.74, 6) is 0.676. The van der Waals surface area contributed by atoms with Gasteiger partial charge in [0.2, 0.25) is 0 Å². The van der Waals surface area contributed by atoms with Crippen LogP contribution in [-0.2, 0) is 9.53 Å². The number of carbonyl (C=O) groups is 1. The first-order valence-electron chi connectivity index (χ1n) is 6.01. The van der Waals surface area contributed by atoms with Crippen molar-refractivity contribution in [1.29, 1.82) is 5.26 Å². The van der Waals surface area contributed by atoms with Crippen molar-refractivity contribution in [3.8, 4) is 17.6 Å². The van der Waals surface area contributed by atoms with Crippen LogP contribution in [0.25, 0.3) is 0 Å². The molecule has 0 aliphatic carbocycles. The molecule has 0 heterocycles. The quantitative estimate of drug-likeness (QED) is 0.736. The fourth-order valence-electron chi connectivity index (χ4n) is 1.52. The van der Waals surface area contributed by atoms with E-state index in [0.29, 0.717) is 23.7 Å². The SMILES string of the molecule is CCOc1cc(C#N)ccc1OC(C)CC(=O)OC. The van der Waals surface area contributed by atoms with Crippen LogP contribution in [0.5, 0.6) is 11.5 Å². The molecule has 0 radical (unpaired) electrons. The van der Waals surface area contributed by atoms with Crippen LogP contribution < -0.4 is 9.47 Å². The van der Waals surface area contributed by atoms with Gasteiger partial charge in [0.05, 0.1) is 31.8 Å². The Balaban J connectivity index is 2.82. The minimum atomic E-state index is -0.334. The summed E-state index contributed by atoms with van der Waals surface area (Å²) in [5, 5.41) is 8.85. The predicted molar refractivity (Wildman–Crippen MR) is 69.0 cm³/mol. The number of nitriles is 1. The molecule has 102 valence electrons.